The Morgan fingerprint density at radius 1 is 1.50 bits per heavy atom. The number of aromatic nitrogens is 1. The summed E-state index contributed by atoms with van der Waals surface area (Å²) in [6.45, 7) is 6.48. The summed E-state index contributed by atoms with van der Waals surface area (Å²) in [7, 11) is 4.13. The second kappa shape index (κ2) is 8.02. The van der Waals surface area contributed by atoms with Crippen LogP contribution >= 0.6 is 23.1 Å². The summed E-state index contributed by atoms with van der Waals surface area (Å²) < 4.78 is 0. The predicted molar refractivity (Wildman–Crippen MR) is 85.2 cm³/mol. The highest BCUT2D eigenvalue weighted by Crippen LogP contribution is 2.31. The van der Waals surface area contributed by atoms with Crippen molar-refractivity contribution in [3.05, 3.63) is 10.6 Å². The Kier molecular flexibility index (Phi) is 7.04. The minimum Gasteiger partial charge on any atom is -0.350 e. The first-order valence-electron chi connectivity index (χ1n) is 6.48. The molecule has 0 aliphatic heterocycles. The van der Waals surface area contributed by atoms with Crippen molar-refractivity contribution in [3.8, 4) is 0 Å². The number of anilines is 1. The smallest absolute Gasteiger partial charge is 0.185 e. The maximum Gasteiger partial charge on any atom is 0.185 e. The second-order valence-electron chi connectivity index (χ2n) is 4.56. The van der Waals surface area contributed by atoms with E-state index in [2.05, 4.69) is 37.4 Å². The van der Waals surface area contributed by atoms with Crippen LogP contribution in [0.1, 0.15) is 36.8 Å². The first-order chi connectivity index (χ1) is 8.63. The summed E-state index contributed by atoms with van der Waals surface area (Å²) in [4.78, 5) is 8.50. The predicted octanol–water partition coefficient (Wildman–Crippen LogP) is 3.18. The fourth-order valence-corrected chi connectivity index (χ4v) is 3.34. The quantitative estimate of drug-likeness (QED) is 0.795. The molecule has 0 radical (unpaired) electrons. The molecule has 0 aliphatic carbocycles. The summed E-state index contributed by atoms with van der Waals surface area (Å²) in [5.74, 6) is 1.70. The molecule has 0 bridgehead atoms. The number of thiazole rings is 1. The Morgan fingerprint density at radius 3 is 2.78 bits per heavy atom. The molecular weight excluding hydrogens is 262 g/mol. The number of hydrogen-bond donors (Lipinski definition) is 1. The van der Waals surface area contributed by atoms with Crippen LogP contribution in [-0.2, 0) is 6.54 Å². The molecule has 0 spiro atoms. The summed E-state index contributed by atoms with van der Waals surface area (Å²) >= 11 is 3.71. The third kappa shape index (κ3) is 4.14. The van der Waals surface area contributed by atoms with E-state index in [0.717, 1.165) is 30.4 Å². The summed E-state index contributed by atoms with van der Waals surface area (Å²) in [6.07, 6.45) is 3.29. The highest BCUT2D eigenvalue weighted by atomic mass is 32.2. The van der Waals surface area contributed by atoms with Gasteiger partial charge in [0.05, 0.1) is 5.69 Å². The lowest BCUT2D eigenvalue weighted by Crippen LogP contribution is -2.19. The van der Waals surface area contributed by atoms with Crippen LogP contribution in [0.4, 0.5) is 5.13 Å². The van der Waals surface area contributed by atoms with E-state index >= 15 is 0 Å². The molecule has 1 rings (SSSR count). The van der Waals surface area contributed by atoms with Crippen molar-refractivity contribution in [1.82, 2.24) is 10.3 Å². The summed E-state index contributed by atoms with van der Waals surface area (Å²) in [5, 5.41) is 4.40. The molecule has 0 saturated heterocycles. The van der Waals surface area contributed by atoms with Crippen LogP contribution in [0.15, 0.2) is 0 Å². The largest absolute Gasteiger partial charge is 0.350 e. The van der Waals surface area contributed by atoms with E-state index in [1.54, 1.807) is 0 Å². The number of thioether (sulfide) groups is 1. The van der Waals surface area contributed by atoms with Crippen LogP contribution in [0.3, 0.4) is 0 Å². The maximum atomic E-state index is 4.85. The van der Waals surface area contributed by atoms with Crippen molar-refractivity contribution >= 4 is 28.2 Å². The molecule has 1 N–H and O–H groups in total. The third-order valence-electron chi connectivity index (χ3n) is 3.09. The van der Waals surface area contributed by atoms with Gasteiger partial charge in [-0.1, -0.05) is 13.8 Å². The SMILES string of the molecule is CCC(C)c1nc(N(C)CCSC)sc1CNC. The van der Waals surface area contributed by atoms with Gasteiger partial charge in [-0.2, -0.15) is 11.8 Å². The van der Waals surface area contributed by atoms with Crippen LogP contribution in [0.2, 0.25) is 0 Å². The molecule has 104 valence electrons. The van der Waals surface area contributed by atoms with E-state index in [4.69, 9.17) is 4.98 Å². The molecule has 1 aromatic heterocycles. The van der Waals surface area contributed by atoms with Gasteiger partial charge in [-0.15, -0.1) is 11.3 Å². The zero-order chi connectivity index (χ0) is 13.5. The molecule has 0 aliphatic rings. The van der Waals surface area contributed by atoms with Crippen molar-refractivity contribution < 1.29 is 0 Å². The fourth-order valence-electron chi connectivity index (χ4n) is 1.70. The highest BCUT2D eigenvalue weighted by Gasteiger charge is 2.17. The highest BCUT2D eigenvalue weighted by molar-refractivity contribution is 7.98. The zero-order valence-corrected chi connectivity index (χ0v) is 13.7. The van der Waals surface area contributed by atoms with E-state index in [-0.39, 0.29) is 0 Å². The van der Waals surface area contributed by atoms with E-state index in [9.17, 15) is 0 Å². The van der Waals surface area contributed by atoms with E-state index in [1.165, 1.54) is 10.6 Å². The van der Waals surface area contributed by atoms with Gasteiger partial charge in [0.25, 0.3) is 0 Å². The normalized spacial score (nSPS) is 12.7. The Hall–Kier alpha value is -0.260. The first kappa shape index (κ1) is 15.8. The molecule has 1 aromatic rings. The lowest BCUT2D eigenvalue weighted by molar-refractivity contribution is 0.692. The molecule has 5 heteroatoms. The molecule has 1 heterocycles. The van der Waals surface area contributed by atoms with Crippen LogP contribution in [0.5, 0.6) is 0 Å². The van der Waals surface area contributed by atoms with Crippen molar-refractivity contribution in [2.24, 2.45) is 0 Å². The van der Waals surface area contributed by atoms with Gasteiger partial charge in [-0.25, -0.2) is 4.98 Å². The van der Waals surface area contributed by atoms with Gasteiger partial charge in [-0.3, -0.25) is 0 Å². The number of rotatable bonds is 8. The van der Waals surface area contributed by atoms with Crippen molar-refractivity contribution in [2.45, 2.75) is 32.7 Å². The van der Waals surface area contributed by atoms with Gasteiger partial charge in [0.1, 0.15) is 0 Å². The topological polar surface area (TPSA) is 28.2 Å². The van der Waals surface area contributed by atoms with Crippen LogP contribution in [0, 0.1) is 0 Å². The zero-order valence-electron chi connectivity index (χ0n) is 12.1. The molecule has 1 unspecified atom stereocenters. The van der Waals surface area contributed by atoms with Crippen molar-refractivity contribution in [1.29, 1.82) is 0 Å². The minimum atomic E-state index is 0.548. The molecule has 3 nitrogen and oxygen atoms in total. The van der Waals surface area contributed by atoms with Gasteiger partial charge in [-0.05, 0) is 25.6 Å². The average Bonchev–Trinajstić information content (AvgIpc) is 2.79. The Bertz CT molecular complexity index is 352. The number of hydrogen-bond acceptors (Lipinski definition) is 5. The van der Waals surface area contributed by atoms with Crippen molar-refractivity contribution in [3.63, 3.8) is 0 Å². The summed E-state index contributed by atoms with van der Waals surface area (Å²) in [6, 6.07) is 0. The molecular formula is C13H25N3S2. The first-order valence-corrected chi connectivity index (χ1v) is 8.69. The Morgan fingerprint density at radius 2 is 2.22 bits per heavy atom. The minimum absolute atomic E-state index is 0.548. The number of nitrogens with one attached hydrogen (secondary N) is 1. The monoisotopic (exact) mass is 287 g/mol. The van der Waals surface area contributed by atoms with E-state index in [1.807, 2.05) is 30.1 Å². The van der Waals surface area contributed by atoms with E-state index in [0.29, 0.717) is 5.92 Å². The van der Waals surface area contributed by atoms with Crippen LogP contribution in [-0.4, -0.2) is 37.6 Å². The lowest BCUT2D eigenvalue weighted by Gasteiger charge is -2.14. The maximum absolute atomic E-state index is 4.85. The lowest BCUT2D eigenvalue weighted by atomic mass is 10.0. The van der Waals surface area contributed by atoms with E-state index < -0.39 is 0 Å². The van der Waals surface area contributed by atoms with Crippen LogP contribution < -0.4 is 10.2 Å². The molecule has 0 amide bonds. The number of nitrogens with zero attached hydrogens (tertiary/aromatic N) is 2. The Balaban J connectivity index is 2.86. The third-order valence-corrected chi connectivity index (χ3v) is 4.87. The molecule has 0 saturated carbocycles. The van der Waals surface area contributed by atoms with Crippen molar-refractivity contribution in [2.75, 3.05) is 37.5 Å². The molecule has 0 fully saturated rings. The molecule has 0 aromatic carbocycles. The van der Waals surface area contributed by atoms with Gasteiger partial charge in [0.15, 0.2) is 5.13 Å². The van der Waals surface area contributed by atoms with Gasteiger partial charge < -0.3 is 10.2 Å². The standard InChI is InChI=1S/C13H25N3S2/c1-6-10(2)12-11(9-14-3)18-13(15-12)16(4)7-8-17-5/h10,14H,6-9H2,1-5H3. The van der Waals surface area contributed by atoms with Gasteiger partial charge in [0, 0.05) is 30.8 Å². The fraction of sp³-hybridized carbons (Fsp3) is 0.769. The van der Waals surface area contributed by atoms with Gasteiger partial charge >= 0.3 is 0 Å². The Labute approximate surface area is 119 Å². The van der Waals surface area contributed by atoms with Gasteiger partial charge in [0.2, 0.25) is 0 Å². The second-order valence-corrected chi connectivity index (χ2v) is 6.61. The average molecular weight is 287 g/mol. The summed E-state index contributed by atoms with van der Waals surface area (Å²) in [5.41, 5.74) is 1.28. The molecule has 18 heavy (non-hydrogen) atoms. The molecule has 1 atom stereocenters. The van der Waals surface area contributed by atoms with Crippen LogP contribution in [0.25, 0.3) is 0 Å².